The monoisotopic (exact) mass is 456 g/mol. The Labute approximate surface area is 188 Å². The van der Waals surface area contributed by atoms with Crippen molar-refractivity contribution in [3.05, 3.63) is 79.7 Å². The zero-order chi connectivity index (χ0) is 21.1. The summed E-state index contributed by atoms with van der Waals surface area (Å²) in [5.41, 5.74) is 3.17. The Bertz CT molecular complexity index is 1160. The summed E-state index contributed by atoms with van der Waals surface area (Å²) in [6.45, 7) is 4.88. The van der Waals surface area contributed by atoms with E-state index >= 15 is 0 Å². The van der Waals surface area contributed by atoms with Gasteiger partial charge < -0.3 is 5.32 Å². The highest BCUT2D eigenvalue weighted by atomic mass is 35.5. The zero-order valence-electron chi connectivity index (χ0n) is 16.7. The van der Waals surface area contributed by atoms with Crippen LogP contribution >= 0.6 is 34.3 Å². The molecule has 3 aromatic heterocycles. The van der Waals surface area contributed by atoms with Gasteiger partial charge in [-0.05, 0) is 38.0 Å². The molecule has 1 N–H and O–H groups in total. The second-order valence-corrected chi connectivity index (χ2v) is 9.51. The molecular weight excluding hydrogens is 436 g/mol. The number of aryl methyl sites for hydroxylation is 2. The average molecular weight is 457 g/mol. The van der Waals surface area contributed by atoms with E-state index in [9.17, 15) is 4.79 Å². The van der Waals surface area contributed by atoms with Crippen molar-refractivity contribution >= 4 is 40.2 Å². The quantitative estimate of drug-likeness (QED) is 0.407. The summed E-state index contributed by atoms with van der Waals surface area (Å²) in [7, 11) is 0. The fourth-order valence-corrected chi connectivity index (χ4v) is 5.16. The first-order valence-electron chi connectivity index (χ1n) is 9.57. The Morgan fingerprint density at radius 1 is 1.17 bits per heavy atom. The lowest BCUT2D eigenvalue weighted by atomic mass is 10.2. The minimum absolute atomic E-state index is 0.191. The maximum absolute atomic E-state index is 12.7. The number of hydrogen-bond acceptors (Lipinski definition) is 5. The Hall–Kier alpha value is -2.48. The molecule has 0 fully saturated rings. The Morgan fingerprint density at radius 2 is 1.97 bits per heavy atom. The third-order valence-electron chi connectivity index (χ3n) is 4.66. The molecule has 0 aliphatic rings. The molecule has 30 heavy (non-hydrogen) atoms. The molecule has 4 aromatic rings. The molecule has 0 unspecified atom stereocenters. The molecule has 0 saturated heterocycles. The van der Waals surface area contributed by atoms with Crippen LogP contribution in [-0.4, -0.2) is 27.2 Å². The molecule has 0 aliphatic carbocycles. The van der Waals surface area contributed by atoms with Gasteiger partial charge >= 0.3 is 0 Å². The lowest BCUT2D eigenvalue weighted by molar-refractivity contribution is 0.0953. The van der Waals surface area contributed by atoms with Gasteiger partial charge in [0.1, 0.15) is 5.15 Å². The smallest absolute Gasteiger partial charge is 0.256 e. The molecule has 8 heteroatoms. The highest BCUT2D eigenvalue weighted by Gasteiger charge is 2.20. The van der Waals surface area contributed by atoms with Crippen LogP contribution in [0.4, 0.5) is 0 Å². The highest BCUT2D eigenvalue weighted by Crippen LogP contribution is 2.29. The molecule has 0 spiro atoms. The van der Waals surface area contributed by atoms with Gasteiger partial charge in [0.2, 0.25) is 0 Å². The number of carbonyl (C=O) groups excluding carboxylic acids is 1. The van der Waals surface area contributed by atoms with Crippen molar-refractivity contribution in [1.29, 1.82) is 0 Å². The molecule has 1 amide bonds. The van der Waals surface area contributed by atoms with E-state index in [2.05, 4.69) is 32.9 Å². The van der Waals surface area contributed by atoms with Gasteiger partial charge in [-0.3, -0.25) is 4.79 Å². The van der Waals surface area contributed by atoms with Crippen molar-refractivity contribution < 1.29 is 4.79 Å². The number of nitrogens with zero attached hydrogens (tertiary/aromatic N) is 3. The Balaban J connectivity index is 1.37. The molecule has 3 heterocycles. The van der Waals surface area contributed by atoms with Gasteiger partial charge in [0.05, 0.1) is 33.4 Å². The predicted octanol–water partition coefficient (Wildman–Crippen LogP) is 5.36. The molecule has 5 nitrogen and oxygen atoms in total. The molecule has 0 atom stereocenters. The predicted molar refractivity (Wildman–Crippen MR) is 124 cm³/mol. The van der Waals surface area contributed by atoms with Crippen LogP contribution in [0.5, 0.6) is 0 Å². The Kier molecular flexibility index (Phi) is 6.32. The van der Waals surface area contributed by atoms with E-state index in [0.717, 1.165) is 27.6 Å². The SMILES string of the molecule is Cc1nc(-c2ccc(CCNC(=O)c3c(C)nn(Cc4ccccc4)c3Cl)s2)cs1. The molecule has 0 bridgehead atoms. The molecule has 0 aliphatic heterocycles. The van der Waals surface area contributed by atoms with Crippen LogP contribution in [0.15, 0.2) is 47.8 Å². The van der Waals surface area contributed by atoms with Gasteiger partial charge in [-0.2, -0.15) is 5.10 Å². The molecular formula is C22H21ClN4OS2. The number of benzene rings is 1. The second kappa shape index (κ2) is 9.12. The van der Waals surface area contributed by atoms with Crippen LogP contribution in [0.25, 0.3) is 10.6 Å². The van der Waals surface area contributed by atoms with E-state index in [1.165, 1.54) is 4.88 Å². The van der Waals surface area contributed by atoms with Crippen molar-refractivity contribution in [1.82, 2.24) is 20.1 Å². The van der Waals surface area contributed by atoms with E-state index in [1.807, 2.05) is 44.2 Å². The summed E-state index contributed by atoms with van der Waals surface area (Å²) in [5, 5.41) is 10.9. The molecule has 1 aromatic carbocycles. The number of thiophene rings is 1. The fourth-order valence-electron chi connectivity index (χ4n) is 3.19. The average Bonchev–Trinajstić information content (AvgIpc) is 3.43. The number of carbonyl (C=O) groups is 1. The first-order chi connectivity index (χ1) is 14.5. The summed E-state index contributed by atoms with van der Waals surface area (Å²) >= 11 is 9.84. The first kappa shape index (κ1) is 20.8. The summed E-state index contributed by atoms with van der Waals surface area (Å²) in [5.74, 6) is -0.191. The third-order valence-corrected chi connectivity index (χ3v) is 6.98. The largest absolute Gasteiger partial charge is 0.352 e. The van der Waals surface area contributed by atoms with Crippen molar-refractivity contribution in [2.75, 3.05) is 6.54 Å². The molecule has 0 saturated carbocycles. The van der Waals surface area contributed by atoms with Crippen molar-refractivity contribution in [3.8, 4) is 10.6 Å². The van der Waals surface area contributed by atoms with Crippen LogP contribution in [0.3, 0.4) is 0 Å². The summed E-state index contributed by atoms with van der Waals surface area (Å²) in [4.78, 5) is 19.6. The van der Waals surface area contributed by atoms with Crippen LogP contribution in [0, 0.1) is 13.8 Å². The minimum Gasteiger partial charge on any atom is -0.352 e. The summed E-state index contributed by atoms with van der Waals surface area (Å²) < 4.78 is 1.67. The highest BCUT2D eigenvalue weighted by molar-refractivity contribution is 7.16. The van der Waals surface area contributed by atoms with Crippen LogP contribution in [-0.2, 0) is 13.0 Å². The first-order valence-corrected chi connectivity index (χ1v) is 11.6. The van der Waals surface area contributed by atoms with Gasteiger partial charge in [-0.1, -0.05) is 41.9 Å². The Morgan fingerprint density at radius 3 is 2.70 bits per heavy atom. The molecule has 0 radical (unpaired) electrons. The van der Waals surface area contributed by atoms with Gasteiger partial charge in [0, 0.05) is 16.8 Å². The normalized spacial score (nSPS) is 11.0. The number of aromatic nitrogens is 3. The second-order valence-electron chi connectivity index (χ2n) is 6.92. The number of rotatable bonds is 7. The van der Waals surface area contributed by atoms with Gasteiger partial charge in [0.25, 0.3) is 5.91 Å². The topological polar surface area (TPSA) is 59.8 Å². The van der Waals surface area contributed by atoms with Crippen molar-refractivity contribution in [2.24, 2.45) is 0 Å². The minimum atomic E-state index is -0.191. The van der Waals surface area contributed by atoms with Crippen LogP contribution < -0.4 is 5.32 Å². The number of thiazole rings is 1. The van der Waals surface area contributed by atoms with Gasteiger partial charge in [-0.25, -0.2) is 9.67 Å². The zero-order valence-corrected chi connectivity index (χ0v) is 19.1. The van der Waals surface area contributed by atoms with Crippen LogP contribution in [0.1, 0.15) is 31.5 Å². The maximum Gasteiger partial charge on any atom is 0.256 e. The lowest BCUT2D eigenvalue weighted by Crippen LogP contribution is -2.26. The number of halogens is 1. The number of hydrogen-bond donors (Lipinski definition) is 1. The van der Waals surface area contributed by atoms with Gasteiger partial charge in [-0.15, -0.1) is 22.7 Å². The molecule has 4 rings (SSSR count). The van der Waals surface area contributed by atoms with Gasteiger partial charge in [0.15, 0.2) is 0 Å². The summed E-state index contributed by atoms with van der Waals surface area (Å²) in [6, 6.07) is 14.1. The van der Waals surface area contributed by atoms with E-state index in [-0.39, 0.29) is 5.91 Å². The summed E-state index contributed by atoms with van der Waals surface area (Å²) in [6.07, 6.45) is 0.758. The standard InChI is InChI=1S/C22H21ClN4OS2/c1-14-20(21(23)27(26-14)12-16-6-4-3-5-7-16)22(28)24-11-10-17-8-9-19(30-17)18-13-29-15(2)25-18/h3-9,13H,10-12H2,1-2H3,(H,24,28). The van der Waals surface area contributed by atoms with E-state index in [4.69, 9.17) is 11.6 Å². The van der Waals surface area contributed by atoms with Crippen LogP contribution in [0.2, 0.25) is 5.15 Å². The third kappa shape index (κ3) is 4.64. The van der Waals surface area contributed by atoms with Crippen molar-refractivity contribution in [3.63, 3.8) is 0 Å². The maximum atomic E-state index is 12.7. The fraction of sp³-hybridized carbons (Fsp3) is 0.227. The van der Waals surface area contributed by atoms with E-state index < -0.39 is 0 Å². The van der Waals surface area contributed by atoms with E-state index in [0.29, 0.717) is 29.5 Å². The van der Waals surface area contributed by atoms with E-state index in [1.54, 1.807) is 27.4 Å². The number of amides is 1. The lowest BCUT2D eigenvalue weighted by Gasteiger charge is -2.05. The molecule has 154 valence electrons. The number of nitrogens with one attached hydrogen (secondary N) is 1. The van der Waals surface area contributed by atoms with Crippen molar-refractivity contribution in [2.45, 2.75) is 26.8 Å².